The van der Waals surface area contributed by atoms with Gasteiger partial charge in [0.25, 0.3) is 0 Å². The average Bonchev–Trinajstić information content (AvgIpc) is 3.89. The predicted octanol–water partition coefficient (Wildman–Crippen LogP) is 16.7. The van der Waals surface area contributed by atoms with Gasteiger partial charge in [0, 0.05) is 38.3 Å². The fraction of sp³-hybridized carbons (Fsp3) is 0.100. The van der Waals surface area contributed by atoms with E-state index >= 15 is 0 Å². The molecule has 10 aromatic rings. The molecule has 0 radical (unpaired) electrons. The molecule has 0 unspecified atom stereocenters. The van der Waals surface area contributed by atoms with Crippen LogP contribution in [0, 0.1) is 0 Å². The van der Waals surface area contributed by atoms with E-state index in [1.54, 1.807) is 0 Å². The van der Waals surface area contributed by atoms with Crippen molar-refractivity contribution < 1.29 is 4.42 Å². The summed E-state index contributed by atoms with van der Waals surface area (Å²) in [6.45, 7) is 9.50. The highest BCUT2D eigenvalue weighted by Crippen LogP contribution is 2.57. The summed E-state index contributed by atoms with van der Waals surface area (Å²) in [4.78, 5) is 2.54. The number of furan rings is 1. The molecule has 2 aliphatic carbocycles. The molecule has 0 amide bonds. The molecule has 0 N–H and O–H groups in total. The molecule has 2 nitrogen and oxygen atoms in total. The summed E-state index contributed by atoms with van der Waals surface area (Å²) in [5, 5.41) is 2.24. The lowest BCUT2D eigenvalue weighted by molar-refractivity contribution is 0.660. The summed E-state index contributed by atoms with van der Waals surface area (Å²) >= 11 is 0. The Kier molecular flexibility index (Phi) is 7.96. The van der Waals surface area contributed by atoms with Crippen molar-refractivity contribution in [3.8, 4) is 55.6 Å². The summed E-state index contributed by atoms with van der Waals surface area (Å²) in [6, 6.07) is 73.7. The zero-order valence-electron chi connectivity index (χ0n) is 35.4. The van der Waals surface area contributed by atoms with Gasteiger partial charge in [-0.1, -0.05) is 191 Å². The quantitative estimate of drug-likeness (QED) is 0.167. The minimum Gasteiger partial charge on any atom is -0.456 e. The Morgan fingerprint density at radius 2 is 0.806 bits per heavy atom. The van der Waals surface area contributed by atoms with Crippen molar-refractivity contribution in [2.45, 2.75) is 38.5 Å². The van der Waals surface area contributed by atoms with E-state index < -0.39 is 0 Å². The van der Waals surface area contributed by atoms with E-state index in [0.717, 1.165) is 50.1 Å². The van der Waals surface area contributed by atoms with Crippen molar-refractivity contribution in [1.29, 1.82) is 0 Å². The first-order valence-electron chi connectivity index (χ1n) is 21.8. The fourth-order valence-electron chi connectivity index (χ4n) is 11.0. The van der Waals surface area contributed by atoms with Gasteiger partial charge in [0.2, 0.25) is 0 Å². The normalized spacial score (nSPS) is 14.1. The highest BCUT2D eigenvalue weighted by Gasteiger charge is 2.39. The van der Waals surface area contributed by atoms with Gasteiger partial charge in [-0.25, -0.2) is 0 Å². The Morgan fingerprint density at radius 3 is 1.53 bits per heavy atom. The van der Waals surface area contributed by atoms with Crippen molar-refractivity contribution in [2.24, 2.45) is 0 Å². The summed E-state index contributed by atoms with van der Waals surface area (Å²) in [5.74, 6) is 0. The largest absolute Gasteiger partial charge is 0.456 e. The molecule has 2 heteroatoms. The predicted molar refractivity (Wildman–Crippen MR) is 260 cm³/mol. The van der Waals surface area contributed by atoms with E-state index in [2.05, 4.69) is 227 Å². The smallest absolute Gasteiger partial charge is 0.135 e. The molecule has 0 fully saturated rings. The fourth-order valence-corrected chi connectivity index (χ4v) is 11.0. The zero-order valence-corrected chi connectivity index (χ0v) is 35.4. The molecule has 9 aromatic carbocycles. The third-order valence-electron chi connectivity index (χ3n) is 13.9. The summed E-state index contributed by atoms with van der Waals surface area (Å²) in [6.07, 6.45) is 0. The van der Waals surface area contributed by atoms with Gasteiger partial charge < -0.3 is 9.32 Å². The maximum atomic E-state index is 6.33. The third-order valence-corrected chi connectivity index (χ3v) is 13.9. The van der Waals surface area contributed by atoms with Crippen LogP contribution in [-0.2, 0) is 10.8 Å². The van der Waals surface area contributed by atoms with Gasteiger partial charge in [-0.2, -0.15) is 0 Å². The van der Waals surface area contributed by atoms with Crippen LogP contribution in [0.25, 0.3) is 77.6 Å². The molecule has 12 rings (SSSR count). The first-order chi connectivity index (χ1) is 30.3. The topological polar surface area (TPSA) is 16.4 Å². The molecule has 62 heavy (non-hydrogen) atoms. The van der Waals surface area contributed by atoms with E-state index in [-0.39, 0.29) is 10.8 Å². The lowest BCUT2D eigenvalue weighted by Gasteiger charge is -2.33. The van der Waals surface area contributed by atoms with Gasteiger partial charge in [0.1, 0.15) is 11.2 Å². The Labute approximate surface area is 363 Å². The average molecular weight is 796 g/mol. The second-order valence-corrected chi connectivity index (χ2v) is 18.0. The van der Waals surface area contributed by atoms with Crippen molar-refractivity contribution in [3.63, 3.8) is 0 Å². The zero-order chi connectivity index (χ0) is 41.7. The number of fused-ring (bicyclic) bond motifs is 9. The van der Waals surface area contributed by atoms with Gasteiger partial charge in [0.05, 0.1) is 17.1 Å². The Bertz CT molecular complexity index is 3430. The number of nitrogens with zero attached hydrogens (tertiary/aromatic N) is 1. The van der Waals surface area contributed by atoms with Gasteiger partial charge >= 0.3 is 0 Å². The van der Waals surface area contributed by atoms with Crippen LogP contribution in [0.1, 0.15) is 49.9 Å². The van der Waals surface area contributed by atoms with Crippen molar-refractivity contribution >= 4 is 39.0 Å². The molecule has 1 heterocycles. The van der Waals surface area contributed by atoms with Gasteiger partial charge in [-0.05, 0) is 97.6 Å². The van der Waals surface area contributed by atoms with Crippen LogP contribution in [0.4, 0.5) is 17.1 Å². The molecule has 0 bridgehead atoms. The van der Waals surface area contributed by atoms with Gasteiger partial charge in [0.15, 0.2) is 0 Å². The van der Waals surface area contributed by atoms with Crippen LogP contribution in [0.2, 0.25) is 0 Å². The number of hydrogen-bond donors (Lipinski definition) is 0. The Balaban J connectivity index is 1.14. The minimum absolute atomic E-state index is 0.121. The highest BCUT2D eigenvalue weighted by molar-refractivity contribution is 6.08. The van der Waals surface area contributed by atoms with E-state index in [9.17, 15) is 0 Å². The number of hydrogen-bond acceptors (Lipinski definition) is 2. The van der Waals surface area contributed by atoms with Crippen molar-refractivity contribution in [2.75, 3.05) is 4.90 Å². The minimum atomic E-state index is -0.191. The molecule has 0 aliphatic heterocycles. The molecule has 0 saturated heterocycles. The second kappa shape index (κ2) is 13.5. The second-order valence-electron chi connectivity index (χ2n) is 18.0. The summed E-state index contributed by atoms with van der Waals surface area (Å²) < 4.78 is 6.33. The van der Waals surface area contributed by atoms with Crippen LogP contribution in [-0.4, -0.2) is 0 Å². The van der Waals surface area contributed by atoms with E-state index in [4.69, 9.17) is 4.42 Å². The van der Waals surface area contributed by atoms with Crippen LogP contribution < -0.4 is 4.90 Å². The van der Waals surface area contributed by atoms with E-state index in [1.165, 1.54) is 66.8 Å². The van der Waals surface area contributed by atoms with Crippen molar-refractivity contribution in [1.82, 2.24) is 0 Å². The number of anilines is 3. The Hall–Kier alpha value is -7.42. The molecular formula is C60H45NO. The molecule has 0 atom stereocenters. The first kappa shape index (κ1) is 36.4. The lowest BCUT2D eigenvalue weighted by Crippen LogP contribution is -2.17. The third kappa shape index (κ3) is 5.23. The molecule has 1 aromatic heterocycles. The molecular weight excluding hydrogens is 751 g/mol. The van der Waals surface area contributed by atoms with Crippen LogP contribution in [0.5, 0.6) is 0 Å². The summed E-state index contributed by atoms with van der Waals surface area (Å²) in [7, 11) is 0. The summed E-state index contributed by atoms with van der Waals surface area (Å²) in [5.41, 5.74) is 22.7. The monoisotopic (exact) mass is 795 g/mol. The lowest BCUT2D eigenvalue weighted by atomic mass is 9.78. The molecule has 0 saturated carbocycles. The molecule has 2 aliphatic rings. The first-order valence-corrected chi connectivity index (χ1v) is 21.8. The van der Waals surface area contributed by atoms with E-state index in [1.807, 2.05) is 6.07 Å². The van der Waals surface area contributed by atoms with Gasteiger partial charge in [-0.15, -0.1) is 0 Å². The molecule has 0 spiro atoms. The standard InChI is InChI=1S/C60H45NO/c1-59(2)50-29-12-6-24-47(50)57-44(25-18-30-51(57)59)41-21-8-14-32-53(41)61(52-31-13-7-19-39(52)38-35-36-56-48(37-38)43-23-10-16-34-55(43)62-56)54-33-15-9-22-42(54)46-27-17-26-45-40-20-5-11-28-49(40)60(3,4)58(45)46/h5-37H,1-4H3. The van der Waals surface area contributed by atoms with Crippen molar-refractivity contribution in [3.05, 3.63) is 222 Å². The number of rotatable bonds is 6. The van der Waals surface area contributed by atoms with E-state index in [0.29, 0.717) is 0 Å². The van der Waals surface area contributed by atoms with Crippen LogP contribution in [0.15, 0.2) is 205 Å². The van der Waals surface area contributed by atoms with Crippen LogP contribution >= 0.6 is 0 Å². The maximum absolute atomic E-state index is 6.33. The van der Waals surface area contributed by atoms with Crippen LogP contribution in [0.3, 0.4) is 0 Å². The highest BCUT2D eigenvalue weighted by atomic mass is 16.3. The van der Waals surface area contributed by atoms with Gasteiger partial charge in [-0.3, -0.25) is 0 Å². The maximum Gasteiger partial charge on any atom is 0.135 e. The Morgan fingerprint density at radius 1 is 0.339 bits per heavy atom. The number of para-hydroxylation sites is 4. The molecule has 296 valence electrons. The SMILES string of the molecule is CC1(C)c2ccccc2-c2c(-c3ccccc3N(c3ccccc3-c3ccc4oc5ccccc5c4c3)c3ccccc3-c3cccc4c3C(C)(C)c3ccccc3-4)cccc21. The number of benzene rings is 9.